The molecular weight excluding hydrogens is 321 g/mol. The Morgan fingerprint density at radius 3 is 2.83 bits per heavy atom. The standard InChI is InChI=1S/C16H18FNO4S/c1-3-22-16(20)12(6-7-21-2)18-15(19)14-9-10-8-11(17)4-5-13(10)23-14/h4-5,8-9,12H,3,6-7H2,1-2H3,(H,18,19)/t12-/m1/s1. The second-order valence-corrected chi connectivity index (χ2v) is 5.94. The summed E-state index contributed by atoms with van der Waals surface area (Å²) in [5.74, 6) is -1.24. The lowest BCUT2D eigenvalue weighted by atomic mass is 10.2. The van der Waals surface area contributed by atoms with Crippen LogP contribution in [0.2, 0.25) is 0 Å². The van der Waals surface area contributed by atoms with Crippen LogP contribution in [0.1, 0.15) is 23.0 Å². The van der Waals surface area contributed by atoms with E-state index in [4.69, 9.17) is 9.47 Å². The van der Waals surface area contributed by atoms with Crippen LogP contribution in [0.15, 0.2) is 24.3 Å². The Labute approximate surface area is 137 Å². The van der Waals surface area contributed by atoms with E-state index in [9.17, 15) is 14.0 Å². The Morgan fingerprint density at radius 2 is 2.13 bits per heavy atom. The minimum atomic E-state index is -0.774. The van der Waals surface area contributed by atoms with Crippen molar-refractivity contribution in [2.24, 2.45) is 0 Å². The molecule has 1 N–H and O–H groups in total. The maximum absolute atomic E-state index is 13.2. The largest absolute Gasteiger partial charge is 0.464 e. The Hall–Kier alpha value is -1.99. The van der Waals surface area contributed by atoms with Gasteiger partial charge in [-0.25, -0.2) is 9.18 Å². The molecule has 0 fully saturated rings. The summed E-state index contributed by atoms with van der Waals surface area (Å²) < 4.78 is 23.9. The SMILES string of the molecule is CCOC(=O)[C@@H](CCOC)NC(=O)c1cc2cc(F)ccc2s1. The molecule has 0 aliphatic rings. The quantitative estimate of drug-likeness (QED) is 0.788. The topological polar surface area (TPSA) is 64.6 Å². The first kappa shape index (κ1) is 17.4. The summed E-state index contributed by atoms with van der Waals surface area (Å²) in [6.07, 6.45) is 0.320. The van der Waals surface area contributed by atoms with Gasteiger partial charge in [-0.15, -0.1) is 11.3 Å². The molecule has 1 aromatic heterocycles. The number of hydrogen-bond acceptors (Lipinski definition) is 5. The predicted molar refractivity (Wildman–Crippen MR) is 86.2 cm³/mol. The molecule has 0 bridgehead atoms. The summed E-state index contributed by atoms with van der Waals surface area (Å²) in [4.78, 5) is 24.6. The van der Waals surface area contributed by atoms with Gasteiger partial charge in [-0.05, 0) is 36.6 Å². The summed E-state index contributed by atoms with van der Waals surface area (Å²) in [7, 11) is 1.52. The Bertz CT molecular complexity index is 700. The van der Waals surface area contributed by atoms with Crippen molar-refractivity contribution in [3.63, 3.8) is 0 Å². The molecule has 0 spiro atoms. The van der Waals surface area contributed by atoms with Gasteiger partial charge in [0.05, 0.1) is 11.5 Å². The number of methoxy groups -OCH3 is 1. The molecule has 0 unspecified atom stereocenters. The summed E-state index contributed by atoms with van der Waals surface area (Å²) in [6.45, 7) is 2.26. The molecule has 5 nitrogen and oxygen atoms in total. The Kier molecular flexibility index (Phi) is 6.06. The highest BCUT2D eigenvalue weighted by atomic mass is 32.1. The van der Waals surface area contributed by atoms with E-state index in [0.29, 0.717) is 23.3 Å². The van der Waals surface area contributed by atoms with Gasteiger partial charge < -0.3 is 14.8 Å². The second kappa shape index (κ2) is 8.03. The first-order valence-corrected chi connectivity index (χ1v) is 8.02. The molecule has 0 saturated carbocycles. The lowest BCUT2D eigenvalue weighted by molar-refractivity contribution is -0.145. The van der Waals surface area contributed by atoms with Gasteiger partial charge >= 0.3 is 5.97 Å². The molecule has 1 atom stereocenters. The first-order chi connectivity index (χ1) is 11.0. The fraction of sp³-hybridized carbons (Fsp3) is 0.375. The highest BCUT2D eigenvalue weighted by Crippen LogP contribution is 2.26. The normalized spacial score (nSPS) is 12.1. The number of fused-ring (bicyclic) bond motifs is 1. The zero-order valence-corrected chi connectivity index (χ0v) is 13.7. The third kappa shape index (κ3) is 4.49. The van der Waals surface area contributed by atoms with Gasteiger partial charge in [0.15, 0.2) is 0 Å². The number of nitrogens with one attached hydrogen (secondary N) is 1. The third-order valence-corrected chi connectivity index (χ3v) is 4.30. The van der Waals surface area contributed by atoms with Crippen LogP contribution in [-0.2, 0) is 14.3 Å². The molecule has 0 aliphatic heterocycles. The zero-order chi connectivity index (χ0) is 16.8. The smallest absolute Gasteiger partial charge is 0.328 e. The van der Waals surface area contributed by atoms with Crippen LogP contribution in [-0.4, -0.2) is 38.2 Å². The summed E-state index contributed by atoms with van der Waals surface area (Å²) in [5, 5.41) is 3.31. The van der Waals surface area contributed by atoms with Crippen LogP contribution in [0.5, 0.6) is 0 Å². The predicted octanol–water partition coefficient (Wildman–Crippen LogP) is 2.74. The monoisotopic (exact) mass is 339 g/mol. The maximum atomic E-state index is 13.2. The molecule has 2 rings (SSSR count). The van der Waals surface area contributed by atoms with Crippen molar-refractivity contribution in [2.45, 2.75) is 19.4 Å². The van der Waals surface area contributed by atoms with Gasteiger partial charge in [0.25, 0.3) is 5.91 Å². The van der Waals surface area contributed by atoms with Crippen LogP contribution in [0.3, 0.4) is 0 Å². The van der Waals surface area contributed by atoms with Crippen molar-refractivity contribution in [1.82, 2.24) is 5.32 Å². The van der Waals surface area contributed by atoms with Crippen molar-refractivity contribution < 1.29 is 23.5 Å². The van der Waals surface area contributed by atoms with Crippen molar-refractivity contribution in [3.8, 4) is 0 Å². The van der Waals surface area contributed by atoms with E-state index in [1.165, 1.54) is 30.6 Å². The van der Waals surface area contributed by atoms with Gasteiger partial charge in [0.1, 0.15) is 11.9 Å². The summed E-state index contributed by atoms with van der Waals surface area (Å²) in [5.41, 5.74) is 0. The summed E-state index contributed by atoms with van der Waals surface area (Å²) >= 11 is 1.24. The average molecular weight is 339 g/mol. The lowest BCUT2D eigenvalue weighted by Gasteiger charge is -2.16. The number of rotatable bonds is 7. The number of hydrogen-bond donors (Lipinski definition) is 1. The van der Waals surface area contributed by atoms with Crippen LogP contribution < -0.4 is 5.32 Å². The zero-order valence-electron chi connectivity index (χ0n) is 12.9. The Morgan fingerprint density at radius 1 is 1.35 bits per heavy atom. The van der Waals surface area contributed by atoms with E-state index < -0.39 is 12.0 Å². The van der Waals surface area contributed by atoms with Crippen molar-refractivity contribution >= 4 is 33.3 Å². The summed E-state index contributed by atoms with van der Waals surface area (Å²) in [6, 6.07) is 5.18. The van der Waals surface area contributed by atoms with E-state index in [1.807, 2.05) is 0 Å². The minimum absolute atomic E-state index is 0.236. The average Bonchev–Trinajstić information content (AvgIpc) is 2.94. The van der Waals surface area contributed by atoms with Crippen LogP contribution >= 0.6 is 11.3 Å². The Balaban J connectivity index is 2.13. The van der Waals surface area contributed by atoms with Gasteiger partial charge in [0, 0.05) is 24.8 Å². The lowest BCUT2D eigenvalue weighted by Crippen LogP contribution is -2.42. The molecule has 23 heavy (non-hydrogen) atoms. The highest BCUT2D eigenvalue weighted by Gasteiger charge is 2.23. The number of ether oxygens (including phenoxy) is 2. The molecule has 1 amide bonds. The number of amides is 1. The maximum Gasteiger partial charge on any atom is 0.328 e. The van der Waals surface area contributed by atoms with Crippen molar-refractivity contribution in [3.05, 3.63) is 35.0 Å². The first-order valence-electron chi connectivity index (χ1n) is 7.20. The fourth-order valence-corrected chi connectivity index (χ4v) is 3.03. The third-order valence-electron chi connectivity index (χ3n) is 3.19. The number of carbonyl (C=O) groups is 2. The van der Waals surface area contributed by atoms with Crippen molar-refractivity contribution in [2.75, 3.05) is 20.3 Å². The molecular formula is C16H18FNO4S. The van der Waals surface area contributed by atoms with Gasteiger partial charge in [-0.1, -0.05) is 0 Å². The molecule has 1 heterocycles. The molecule has 0 saturated heterocycles. The molecule has 1 aromatic carbocycles. The number of halogens is 1. The van der Waals surface area contributed by atoms with Crippen LogP contribution in [0, 0.1) is 5.82 Å². The number of carbonyl (C=O) groups excluding carboxylic acids is 2. The van der Waals surface area contributed by atoms with Crippen LogP contribution in [0.4, 0.5) is 4.39 Å². The van der Waals surface area contributed by atoms with Crippen LogP contribution in [0.25, 0.3) is 10.1 Å². The minimum Gasteiger partial charge on any atom is -0.464 e. The van der Waals surface area contributed by atoms with E-state index in [0.717, 1.165) is 4.70 Å². The van der Waals surface area contributed by atoms with E-state index in [-0.39, 0.29) is 18.3 Å². The molecule has 124 valence electrons. The number of thiophene rings is 1. The molecule has 7 heteroatoms. The number of esters is 1. The second-order valence-electron chi connectivity index (χ2n) is 4.85. The van der Waals surface area contributed by atoms with Gasteiger partial charge in [0.2, 0.25) is 0 Å². The molecule has 2 aromatic rings. The van der Waals surface area contributed by atoms with Gasteiger partial charge in [-0.2, -0.15) is 0 Å². The van der Waals surface area contributed by atoms with E-state index in [2.05, 4.69) is 5.32 Å². The van der Waals surface area contributed by atoms with E-state index in [1.54, 1.807) is 19.1 Å². The number of benzene rings is 1. The van der Waals surface area contributed by atoms with E-state index >= 15 is 0 Å². The molecule has 0 aliphatic carbocycles. The fourth-order valence-electron chi connectivity index (χ4n) is 2.08. The molecule has 0 radical (unpaired) electrons. The van der Waals surface area contributed by atoms with Gasteiger partial charge in [-0.3, -0.25) is 4.79 Å². The highest BCUT2D eigenvalue weighted by molar-refractivity contribution is 7.20. The van der Waals surface area contributed by atoms with Crippen molar-refractivity contribution in [1.29, 1.82) is 0 Å².